The maximum atomic E-state index is 12.8. The van der Waals surface area contributed by atoms with Gasteiger partial charge in [-0.1, -0.05) is 17.2 Å². The molecule has 1 aromatic carbocycles. The largest absolute Gasteiger partial charge is 0.470 e. The minimum Gasteiger partial charge on any atom is -0.438 e. The Kier molecular flexibility index (Phi) is 2.91. The molecule has 4 aromatic rings. The molecule has 4 heterocycles. The van der Waals surface area contributed by atoms with Crippen molar-refractivity contribution in [3.05, 3.63) is 53.8 Å². The number of nitrogens with zero attached hydrogens (tertiary/aromatic N) is 5. The number of oxazole rings is 1. The number of hydrogen-bond donors (Lipinski definition) is 1. The zero-order valence-electron chi connectivity index (χ0n) is 12.9. The van der Waals surface area contributed by atoms with Gasteiger partial charge >= 0.3 is 18.1 Å². The van der Waals surface area contributed by atoms with Gasteiger partial charge in [-0.15, -0.1) is 5.10 Å². The number of rotatable bonds is 2. The number of fused-ring (bicyclic) bond motifs is 2. The molecule has 0 saturated carbocycles. The summed E-state index contributed by atoms with van der Waals surface area (Å²) >= 11 is 0. The molecule has 0 amide bonds. The van der Waals surface area contributed by atoms with Crippen molar-refractivity contribution >= 4 is 17.1 Å². The molecule has 0 saturated heterocycles. The molecule has 5 rings (SSSR count). The molecule has 26 heavy (non-hydrogen) atoms. The van der Waals surface area contributed by atoms with E-state index in [0.29, 0.717) is 22.5 Å². The molecule has 132 valence electrons. The number of alkyl halides is 3. The number of para-hydroxylation sites is 2. The maximum Gasteiger partial charge on any atom is 0.470 e. The minimum absolute atomic E-state index is 0.207. The molecular weight excluding hydrogens is 353 g/mol. The number of imidazole rings is 1. The van der Waals surface area contributed by atoms with Crippen LogP contribution in [0.15, 0.2) is 39.4 Å². The van der Waals surface area contributed by atoms with Crippen molar-refractivity contribution in [2.75, 3.05) is 4.90 Å². The summed E-state index contributed by atoms with van der Waals surface area (Å²) in [6.07, 6.45) is -3.21. The highest BCUT2D eigenvalue weighted by atomic mass is 19.4. The highest BCUT2D eigenvalue weighted by molar-refractivity contribution is 5.72. The van der Waals surface area contributed by atoms with Crippen LogP contribution in [0.25, 0.3) is 11.1 Å². The lowest BCUT2D eigenvalue weighted by Crippen LogP contribution is -2.23. The number of aromatic nitrogens is 5. The molecule has 1 aliphatic rings. The molecule has 0 fully saturated rings. The lowest BCUT2D eigenvalue weighted by Gasteiger charge is -2.19. The molecule has 0 spiro atoms. The average Bonchev–Trinajstić information content (AvgIpc) is 3.34. The van der Waals surface area contributed by atoms with Crippen molar-refractivity contribution in [2.24, 2.45) is 0 Å². The Hall–Kier alpha value is -3.37. The van der Waals surface area contributed by atoms with E-state index >= 15 is 0 Å². The predicted octanol–water partition coefficient (Wildman–Crippen LogP) is 3.06. The standard InChI is InChI=1S/C15H9F3N6O2/c16-15(17,18)13-22-23-14(26-13)24-5-8-10(20-6-19-8)11(24)12-21-7-3-1-2-4-9(7)25-12/h1-4,6,11H,5H2,(H,19,20)/t11-/m1/s1. The van der Waals surface area contributed by atoms with Crippen LogP contribution in [0.4, 0.5) is 19.2 Å². The van der Waals surface area contributed by atoms with Crippen LogP contribution in [-0.2, 0) is 12.7 Å². The fourth-order valence-electron chi connectivity index (χ4n) is 2.98. The molecule has 0 aliphatic carbocycles. The van der Waals surface area contributed by atoms with Gasteiger partial charge in [0.15, 0.2) is 11.6 Å². The van der Waals surface area contributed by atoms with E-state index < -0.39 is 18.1 Å². The van der Waals surface area contributed by atoms with Gasteiger partial charge in [-0.2, -0.15) is 13.2 Å². The molecule has 1 N–H and O–H groups in total. The van der Waals surface area contributed by atoms with Gasteiger partial charge < -0.3 is 18.7 Å². The molecule has 3 aromatic heterocycles. The van der Waals surface area contributed by atoms with E-state index in [1.165, 1.54) is 11.2 Å². The highest BCUT2D eigenvalue weighted by Crippen LogP contribution is 2.41. The van der Waals surface area contributed by atoms with Crippen LogP contribution in [0.3, 0.4) is 0 Å². The van der Waals surface area contributed by atoms with Crippen LogP contribution in [0, 0.1) is 0 Å². The number of hydrogen-bond acceptors (Lipinski definition) is 7. The fraction of sp³-hybridized carbons (Fsp3) is 0.200. The second kappa shape index (κ2) is 5.07. The van der Waals surface area contributed by atoms with E-state index in [4.69, 9.17) is 8.83 Å². The Morgan fingerprint density at radius 1 is 1.15 bits per heavy atom. The van der Waals surface area contributed by atoms with Crippen molar-refractivity contribution in [1.29, 1.82) is 0 Å². The van der Waals surface area contributed by atoms with Gasteiger partial charge in [-0.25, -0.2) is 9.97 Å². The van der Waals surface area contributed by atoms with Gasteiger partial charge in [0.1, 0.15) is 5.52 Å². The van der Waals surface area contributed by atoms with Gasteiger partial charge in [0.05, 0.1) is 24.3 Å². The summed E-state index contributed by atoms with van der Waals surface area (Å²) in [4.78, 5) is 13.1. The Bertz CT molecular complexity index is 1070. The monoisotopic (exact) mass is 362 g/mol. The topological polar surface area (TPSA) is 96.9 Å². The number of aromatic amines is 1. The SMILES string of the molecule is FC(F)(F)c1nnc(N2Cc3[nH]cnc3[C@@H]2c2nc3ccccc3o2)o1. The van der Waals surface area contributed by atoms with Gasteiger partial charge in [-0.05, 0) is 12.1 Å². The first-order chi connectivity index (χ1) is 12.5. The summed E-state index contributed by atoms with van der Waals surface area (Å²) in [6, 6.07) is 6.19. The van der Waals surface area contributed by atoms with E-state index in [0.717, 1.165) is 0 Å². The van der Waals surface area contributed by atoms with Crippen molar-refractivity contribution in [1.82, 2.24) is 25.1 Å². The second-order valence-electron chi connectivity index (χ2n) is 5.70. The van der Waals surface area contributed by atoms with Crippen LogP contribution >= 0.6 is 0 Å². The van der Waals surface area contributed by atoms with E-state index in [9.17, 15) is 13.2 Å². The van der Waals surface area contributed by atoms with Crippen molar-refractivity contribution in [3.8, 4) is 0 Å². The summed E-state index contributed by atoms with van der Waals surface area (Å²) < 4.78 is 49.0. The second-order valence-corrected chi connectivity index (χ2v) is 5.70. The Morgan fingerprint density at radius 3 is 2.77 bits per heavy atom. The van der Waals surface area contributed by atoms with Gasteiger partial charge in [-0.3, -0.25) is 0 Å². The van der Waals surface area contributed by atoms with Crippen molar-refractivity contribution < 1.29 is 22.0 Å². The first kappa shape index (κ1) is 14.9. The predicted molar refractivity (Wildman–Crippen MR) is 79.9 cm³/mol. The summed E-state index contributed by atoms with van der Waals surface area (Å²) in [5.74, 6) is -1.13. The maximum absolute atomic E-state index is 12.8. The van der Waals surface area contributed by atoms with E-state index in [1.54, 1.807) is 18.2 Å². The van der Waals surface area contributed by atoms with Crippen molar-refractivity contribution in [3.63, 3.8) is 0 Å². The van der Waals surface area contributed by atoms with E-state index in [-0.39, 0.29) is 18.5 Å². The lowest BCUT2D eigenvalue weighted by atomic mass is 10.2. The molecule has 0 bridgehead atoms. The quantitative estimate of drug-likeness (QED) is 0.585. The Labute approximate surface area is 142 Å². The number of halogens is 3. The third-order valence-electron chi connectivity index (χ3n) is 4.10. The number of anilines is 1. The van der Waals surface area contributed by atoms with Crippen molar-refractivity contribution in [2.45, 2.75) is 18.8 Å². The molecule has 8 nitrogen and oxygen atoms in total. The zero-order chi connectivity index (χ0) is 17.9. The summed E-state index contributed by atoms with van der Waals surface area (Å²) in [5, 5.41) is 6.62. The van der Waals surface area contributed by atoms with Gasteiger partial charge in [0.25, 0.3) is 0 Å². The molecule has 0 unspecified atom stereocenters. The molecule has 1 aliphatic heterocycles. The van der Waals surface area contributed by atoms with Crippen LogP contribution in [0.1, 0.15) is 29.2 Å². The number of benzene rings is 1. The Balaban J connectivity index is 1.61. The first-order valence-corrected chi connectivity index (χ1v) is 7.55. The van der Waals surface area contributed by atoms with Crippen LogP contribution in [0.5, 0.6) is 0 Å². The smallest absolute Gasteiger partial charge is 0.438 e. The molecule has 11 heteroatoms. The van der Waals surface area contributed by atoms with E-state index in [1.807, 2.05) is 6.07 Å². The molecule has 0 radical (unpaired) electrons. The van der Waals surface area contributed by atoms with Crippen LogP contribution in [0.2, 0.25) is 0 Å². The van der Waals surface area contributed by atoms with Gasteiger partial charge in [0.2, 0.25) is 5.89 Å². The third kappa shape index (κ3) is 2.16. The number of H-pyrrole nitrogens is 1. The van der Waals surface area contributed by atoms with Crippen LogP contribution < -0.4 is 4.90 Å². The van der Waals surface area contributed by atoms with E-state index in [2.05, 4.69) is 25.1 Å². The minimum atomic E-state index is -4.72. The van der Waals surface area contributed by atoms with Gasteiger partial charge in [0, 0.05) is 0 Å². The van der Waals surface area contributed by atoms with Crippen LogP contribution in [-0.4, -0.2) is 25.1 Å². The summed E-state index contributed by atoms with van der Waals surface area (Å²) in [6.45, 7) is 0.207. The summed E-state index contributed by atoms with van der Waals surface area (Å²) in [7, 11) is 0. The normalized spacial score (nSPS) is 17.2. The molecule has 1 atom stereocenters. The lowest BCUT2D eigenvalue weighted by molar-refractivity contribution is -0.157. The Morgan fingerprint density at radius 2 is 2.00 bits per heavy atom. The third-order valence-corrected chi connectivity index (χ3v) is 4.10. The average molecular weight is 362 g/mol. The molecular formula is C15H9F3N6O2. The zero-order valence-corrected chi connectivity index (χ0v) is 12.9. The highest BCUT2D eigenvalue weighted by Gasteiger charge is 2.43. The summed E-state index contributed by atoms with van der Waals surface area (Å²) in [5.41, 5.74) is 2.49. The fourth-order valence-corrected chi connectivity index (χ4v) is 2.98. The first-order valence-electron chi connectivity index (χ1n) is 7.55. The number of nitrogens with one attached hydrogen (secondary N) is 1.